The number of thiazole rings is 1. The van der Waals surface area contributed by atoms with Crippen LogP contribution in [0.4, 0.5) is 0 Å². The van der Waals surface area contributed by atoms with E-state index in [0.717, 1.165) is 15.6 Å². The molecule has 2 rings (SSSR count). The number of carbonyl (C=O) groups is 1. The maximum atomic E-state index is 11.9. The van der Waals surface area contributed by atoms with Crippen LogP contribution in [0, 0.1) is 13.8 Å². The van der Waals surface area contributed by atoms with Gasteiger partial charge in [0.1, 0.15) is 10.8 Å². The number of nitrogens with two attached hydrogens (primary N) is 1. The lowest BCUT2D eigenvalue weighted by Crippen LogP contribution is -2.02. The Morgan fingerprint density at radius 1 is 1.47 bits per heavy atom. The highest BCUT2D eigenvalue weighted by Gasteiger charge is 2.14. The van der Waals surface area contributed by atoms with Crippen molar-refractivity contribution in [3.8, 4) is 0 Å². The van der Waals surface area contributed by atoms with Crippen molar-refractivity contribution in [3.05, 3.63) is 39.2 Å². The Morgan fingerprint density at radius 3 is 2.76 bits per heavy atom. The zero-order valence-corrected chi connectivity index (χ0v) is 10.6. The Kier molecular flexibility index (Phi) is 3.40. The molecule has 0 aliphatic carbocycles. The lowest BCUT2D eigenvalue weighted by Gasteiger charge is -1.93. The predicted molar refractivity (Wildman–Crippen MR) is 66.2 cm³/mol. The van der Waals surface area contributed by atoms with Gasteiger partial charge in [-0.2, -0.15) is 0 Å². The molecular weight excluding hydrogens is 236 g/mol. The number of hydrogen-bond donors (Lipinski definition) is 1. The van der Waals surface area contributed by atoms with E-state index in [1.165, 1.54) is 0 Å². The number of aromatic nitrogens is 1. The third kappa shape index (κ3) is 2.62. The lowest BCUT2D eigenvalue weighted by atomic mass is 10.2. The molecule has 0 saturated heterocycles. The molecule has 2 heterocycles. The highest BCUT2D eigenvalue weighted by Crippen LogP contribution is 2.19. The van der Waals surface area contributed by atoms with Crippen molar-refractivity contribution in [2.75, 3.05) is 0 Å². The molecule has 0 atom stereocenters. The van der Waals surface area contributed by atoms with Gasteiger partial charge in [-0.05, 0) is 26.0 Å². The second-order valence-corrected chi connectivity index (χ2v) is 5.11. The van der Waals surface area contributed by atoms with Crippen LogP contribution in [-0.2, 0) is 13.0 Å². The molecule has 4 nitrogen and oxygen atoms in total. The minimum Gasteiger partial charge on any atom is -0.457 e. The molecule has 0 amide bonds. The van der Waals surface area contributed by atoms with Crippen molar-refractivity contribution in [2.24, 2.45) is 5.73 Å². The molecule has 0 saturated carbocycles. The summed E-state index contributed by atoms with van der Waals surface area (Å²) >= 11 is 1.55. The normalized spacial score (nSPS) is 10.8. The molecule has 0 unspecified atom stereocenters. The van der Waals surface area contributed by atoms with Crippen molar-refractivity contribution < 1.29 is 9.21 Å². The van der Waals surface area contributed by atoms with Crippen molar-refractivity contribution in [1.29, 1.82) is 0 Å². The van der Waals surface area contributed by atoms with E-state index < -0.39 is 0 Å². The van der Waals surface area contributed by atoms with Gasteiger partial charge in [-0.15, -0.1) is 11.3 Å². The summed E-state index contributed by atoms with van der Waals surface area (Å²) in [6.45, 7) is 4.25. The second-order valence-electron chi connectivity index (χ2n) is 3.82. The number of hydrogen-bond acceptors (Lipinski definition) is 5. The smallest absolute Gasteiger partial charge is 0.204 e. The fourth-order valence-electron chi connectivity index (χ4n) is 1.48. The number of Topliss-reactive ketones (excluding diaryl/α,β-unsaturated/α-hetero) is 1. The van der Waals surface area contributed by atoms with Gasteiger partial charge in [0, 0.05) is 4.88 Å². The molecule has 90 valence electrons. The first kappa shape index (κ1) is 12.0. The number of rotatable bonds is 4. The monoisotopic (exact) mass is 250 g/mol. The minimum absolute atomic E-state index is 0.0570. The Morgan fingerprint density at radius 2 is 2.24 bits per heavy atom. The summed E-state index contributed by atoms with van der Waals surface area (Å²) in [5.74, 6) is 0.925. The van der Waals surface area contributed by atoms with Gasteiger partial charge >= 0.3 is 0 Å². The second kappa shape index (κ2) is 4.81. The summed E-state index contributed by atoms with van der Waals surface area (Å²) in [6.07, 6.45) is 0.289. The maximum absolute atomic E-state index is 11.9. The van der Waals surface area contributed by atoms with Gasteiger partial charge in [0.15, 0.2) is 5.76 Å². The molecule has 2 aromatic rings. The van der Waals surface area contributed by atoms with Crippen LogP contribution < -0.4 is 5.73 Å². The van der Waals surface area contributed by atoms with Gasteiger partial charge in [0.2, 0.25) is 5.78 Å². The maximum Gasteiger partial charge on any atom is 0.204 e. The Labute approximate surface area is 103 Å². The van der Waals surface area contributed by atoms with Gasteiger partial charge in [-0.1, -0.05) is 0 Å². The van der Waals surface area contributed by atoms with E-state index in [-0.39, 0.29) is 12.2 Å². The van der Waals surface area contributed by atoms with E-state index in [9.17, 15) is 4.79 Å². The SMILES string of the molecule is Cc1nc(CC(=O)c2ccc(CN)o2)sc1C. The third-order valence-corrected chi connectivity index (χ3v) is 3.60. The summed E-state index contributed by atoms with van der Waals surface area (Å²) < 4.78 is 5.31. The summed E-state index contributed by atoms with van der Waals surface area (Å²) in [7, 11) is 0. The van der Waals surface area contributed by atoms with Gasteiger partial charge in [0.05, 0.1) is 18.7 Å². The van der Waals surface area contributed by atoms with Crippen LogP contribution in [0.5, 0.6) is 0 Å². The Balaban J connectivity index is 2.11. The summed E-state index contributed by atoms with van der Waals surface area (Å²) in [5.41, 5.74) is 6.41. The van der Waals surface area contributed by atoms with Gasteiger partial charge < -0.3 is 10.2 Å². The first-order valence-electron chi connectivity index (χ1n) is 5.35. The number of aryl methyl sites for hydroxylation is 2. The van der Waals surface area contributed by atoms with Crippen LogP contribution >= 0.6 is 11.3 Å². The Bertz CT molecular complexity index is 523. The standard InChI is InChI=1S/C12H14N2O2S/c1-7-8(2)17-12(14-7)5-10(15)11-4-3-9(6-13)16-11/h3-4H,5-6,13H2,1-2H3. The lowest BCUT2D eigenvalue weighted by molar-refractivity contribution is 0.0964. The Hall–Kier alpha value is -1.46. The topological polar surface area (TPSA) is 69.1 Å². The fraction of sp³-hybridized carbons (Fsp3) is 0.333. The zero-order valence-electron chi connectivity index (χ0n) is 9.82. The molecule has 0 aromatic carbocycles. The molecule has 0 spiro atoms. The van der Waals surface area contributed by atoms with Crippen LogP contribution in [0.15, 0.2) is 16.5 Å². The van der Waals surface area contributed by atoms with Gasteiger partial charge in [-0.25, -0.2) is 4.98 Å². The van der Waals surface area contributed by atoms with E-state index in [1.807, 2.05) is 13.8 Å². The number of carbonyl (C=O) groups excluding carboxylic acids is 1. The van der Waals surface area contributed by atoms with Gasteiger partial charge in [-0.3, -0.25) is 4.79 Å². The number of ketones is 1. The van der Waals surface area contributed by atoms with E-state index in [1.54, 1.807) is 23.5 Å². The van der Waals surface area contributed by atoms with Crippen LogP contribution in [0.1, 0.15) is 31.9 Å². The van der Waals surface area contributed by atoms with Crippen molar-refractivity contribution >= 4 is 17.1 Å². The average molecular weight is 250 g/mol. The molecule has 0 aliphatic heterocycles. The van der Waals surface area contributed by atoms with E-state index in [0.29, 0.717) is 18.1 Å². The highest BCUT2D eigenvalue weighted by molar-refractivity contribution is 7.11. The molecule has 2 N–H and O–H groups in total. The van der Waals surface area contributed by atoms with E-state index in [2.05, 4.69) is 4.98 Å². The minimum atomic E-state index is -0.0570. The molecule has 2 aromatic heterocycles. The third-order valence-electron chi connectivity index (χ3n) is 2.52. The van der Waals surface area contributed by atoms with E-state index >= 15 is 0 Å². The van der Waals surface area contributed by atoms with Crippen LogP contribution in [0.3, 0.4) is 0 Å². The van der Waals surface area contributed by atoms with Crippen molar-refractivity contribution in [1.82, 2.24) is 4.98 Å². The predicted octanol–water partition coefficient (Wildman–Crippen LogP) is 2.24. The number of nitrogens with zero attached hydrogens (tertiary/aromatic N) is 1. The first-order chi connectivity index (χ1) is 8.10. The molecule has 17 heavy (non-hydrogen) atoms. The summed E-state index contributed by atoms with van der Waals surface area (Å²) in [6, 6.07) is 3.39. The highest BCUT2D eigenvalue weighted by atomic mass is 32.1. The first-order valence-corrected chi connectivity index (χ1v) is 6.16. The van der Waals surface area contributed by atoms with Crippen LogP contribution in [0.25, 0.3) is 0 Å². The van der Waals surface area contributed by atoms with Crippen LogP contribution in [-0.4, -0.2) is 10.8 Å². The molecule has 5 heteroatoms. The molecule has 0 aliphatic rings. The van der Waals surface area contributed by atoms with Gasteiger partial charge in [0.25, 0.3) is 0 Å². The summed E-state index contributed by atoms with van der Waals surface area (Å²) in [5, 5.41) is 0.829. The number of furan rings is 1. The van der Waals surface area contributed by atoms with Crippen molar-refractivity contribution in [3.63, 3.8) is 0 Å². The zero-order chi connectivity index (χ0) is 12.4. The fourth-order valence-corrected chi connectivity index (χ4v) is 2.41. The quantitative estimate of drug-likeness (QED) is 0.845. The molecule has 0 radical (unpaired) electrons. The average Bonchev–Trinajstić information content (AvgIpc) is 2.87. The molecule has 0 bridgehead atoms. The van der Waals surface area contributed by atoms with Crippen molar-refractivity contribution in [2.45, 2.75) is 26.8 Å². The van der Waals surface area contributed by atoms with E-state index in [4.69, 9.17) is 10.2 Å². The largest absolute Gasteiger partial charge is 0.457 e. The summed E-state index contributed by atoms with van der Waals surface area (Å²) in [4.78, 5) is 17.4. The molecule has 0 fully saturated rings. The van der Waals surface area contributed by atoms with Crippen LogP contribution in [0.2, 0.25) is 0 Å². The molecular formula is C12H14N2O2S.